The number of carbonyl (C=O) groups excluding carboxylic acids is 1. The molecule has 146 valence electrons. The third kappa shape index (κ3) is 4.94. The first-order chi connectivity index (χ1) is 13.2. The van der Waals surface area contributed by atoms with Crippen molar-refractivity contribution in [1.29, 1.82) is 0 Å². The van der Waals surface area contributed by atoms with Gasteiger partial charge in [0.25, 0.3) is 0 Å². The minimum Gasteiger partial charge on any atom is -0.444 e. The van der Waals surface area contributed by atoms with Crippen LogP contribution in [0.25, 0.3) is 16.8 Å². The van der Waals surface area contributed by atoms with Gasteiger partial charge in [-0.2, -0.15) is 5.10 Å². The van der Waals surface area contributed by atoms with Crippen molar-refractivity contribution in [1.82, 2.24) is 15.1 Å². The number of rotatable bonds is 4. The van der Waals surface area contributed by atoms with Crippen molar-refractivity contribution in [3.63, 3.8) is 0 Å². The topological polar surface area (TPSA) is 56.1 Å². The van der Waals surface area contributed by atoms with E-state index in [9.17, 15) is 13.6 Å². The summed E-state index contributed by atoms with van der Waals surface area (Å²) in [4.78, 5) is 11.8. The average Bonchev–Trinajstić information content (AvgIpc) is 3.10. The van der Waals surface area contributed by atoms with E-state index < -0.39 is 17.5 Å². The van der Waals surface area contributed by atoms with Crippen LogP contribution in [0.5, 0.6) is 0 Å². The van der Waals surface area contributed by atoms with Crippen LogP contribution in [-0.4, -0.2) is 21.5 Å². The predicted octanol–water partition coefficient (Wildman–Crippen LogP) is 4.84. The molecule has 0 spiro atoms. The third-order valence-corrected chi connectivity index (χ3v) is 3.87. The Kier molecular flexibility index (Phi) is 5.44. The van der Waals surface area contributed by atoms with Crippen LogP contribution in [0.15, 0.2) is 54.9 Å². The lowest BCUT2D eigenvalue weighted by atomic mass is 10.1. The van der Waals surface area contributed by atoms with Gasteiger partial charge in [0.2, 0.25) is 0 Å². The van der Waals surface area contributed by atoms with Gasteiger partial charge in [0.15, 0.2) is 0 Å². The van der Waals surface area contributed by atoms with Crippen LogP contribution in [0, 0.1) is 11.6 Å². The van der Waals surface area contributed by atoms with Gasteiger partial charge >= 0.3 is 6.09 Å². The number of ether oxygens (including phenoxy) is 1. The number of hydrogen-bond donors (Lipinski definition) is 1. The van der Waals surface area contributed by atoms with Gasteiger partial charge < -0.3 is 10.1 Å². The lowest BCUT2D eigenvalue weighted by molar-refractivity contribution is 0.0523. The molecule has 0 radical (unpaired) electrons. The molecule has 7 heteroatoms. The van der Waals surface area contributed by atoms with Gasteiger partial charge in [-0.1, -0.05) is 6.07 Å². The van der Waals surface area contributed by atoms with E-state index in [0.29, 0.717) is 11.3 Å². The fraction of sp³-hybridized carbons (Fsp3) is 0.238. The van der Waals surface area contributed by atoms with Crippen LogP contribution in [0.2, 0.25) is 0 Å². The van der Waals surface area contributed by atoms with E-state index in [1.165, 1.54) is 18.2 Å². The fourth-order valence-electron chi connectivity index (χ4n) is 2.58. The molecule has 0 saturated heterocycles. The number of hydrogen-bond acceptors (Lipinski definition) is 3. The molecule has 0 saturated carbocycles. The van der Waals surface area contributed by atoms with Crippen LogP contribution >= 0.6 is 0 Å². The molecule has 1 heterocycles. The molecule has 0 atom stereocenters. The molecular formula is C21H21F2N3O2. The van der Waals surface area contributed by atoms with Gasteiger partial charge in [0, 0.05) is 23.9 Å². The SMILES string of the molecule is CC(C)(C)OC(=O)NCc1cc(-c2cnn(-c3ccc(F)cc3)c2)ccc1F. The zero-order valence-corrected chi connectivity index (χ0v) is 15.9. The normalized spacial score (nSPS) is 11.3. The number of amides is 1. The molecule has 0 unspecified atom stereocenters. The molecule has 1 amide bonds. The molecule has 0 aliphatic carbocycles. The minimum atomic E-state index is -0.626. The standard InChI is InChI=1S/C21H21F2N3O2/c1-21(2,3)28-20(27)24-11-15-10-14(4-9-19(15)23)16-12-25-26(13-16)18-7-5-17(22)6-8-18/h4-10,12-13H,11H2,1-3H3,(H,24,27). The minimum absolute atomic E-state index is 0.000680. The summed E-state index contributed by atoms with van der Waals surface area (Å²) < 4.78 is 34.0. The number of benzene rings is 2. The van der Waals surface area contributed by atoms with E-state index in [2.05, 4.69) is 10.4 Å². The van der Waals surface area contributed by atoms with Crippen LogP contribution in [0.4, 0.5) is 13.6 Å². The number of nitrogens with one attached hydrogen (secondary N) is 1. The number of nitrogens with zero attached hydrogens (tertiary/aromatic N) is 2. The second-order valence-electron chi connectivity index (χ2n) is 7.31. The molecule has 5 nitrogen and oxygen atoms in total. The zero-order valence-electron chi connectivity index (χ0n) is 15.9. The molecule has 0 bridgehead atoms. The highest BCUT2D eigenvalue weighted by Gasteiger charge is 2.16. The van der Waals surface area contributed by atoms with Gasteiger partial charge in [-0.3, -0.25) is 0 Å². The molecule has 28 heavy (non-hydrogen) atoms. The van der Waals surface area contributed by atoms with Crippen molar-refractivity contribution in [2.24, 2.45) is 0 Å². The van der Waals surface area contributed by atoms with Gasteiger partial charge in [-0.25, -0.2) is 18.3 Å². The highest BCUT2D eigenvalue weighted by atomic mass is 19.1. The maximum atomic E-state index is 14.1. The van der Waals surface area contributed by atoms with Gasteiger partial charge in [0.05, 0.1) is 11.9 Å². The van der Waals surface area contributed by atoms with E-state index in [4.69, 9.17) is 4.74 Å². The van der Waals surface area contributed by atoms with Crippen LogP contribution in [-0.2, 0) is 11.3 Å². The van der Waals surface area contributed by atoms with Crippen LogP contribution in [0.3, 0.4) is 0 Å². The lowest BCUT2D eigenvalue weighted by Crippen LogP contribution is -2.32. The molecule has 1 N–H and O–H groups in total. The Morgan fingerprint density at radius 3 is 2.50 bits per heavy atom. The molecule has 0 aliphatic rings. The number of carbonyl (C=O) groups is 1. The maximum Gasteiger partial charge on any atom is 0.407 e. The summed E-state index contributed by atoms with van der Waals surface area (Å²) in [6, 6.07) is 10.6. The molecular weight excluding hydrogens is 364 g/mol. The lowest BCUT2D eigenvalue weighted by Gasteiger charge is -2.19. The van der Waals surface area contributed by atoms with Crippen LogP contribution < -0.4 is 5.32 Å². The average molecular weight is 385 g/mol. The second kappa shape index (κ2) is 7.80. The Morgan fingerprint density at radius 2 is 1.82 bits per heavy atom. The van der Waals surface area contributed by atoms with Crippen molar-refractivity contribution in [2.45, 2.75) is 32.9 Å². The molecule has 3 rings (SSSR count). The van der Waals surface area contributed by atoms with Crippen molar-refractivity contribution in [2.75, 3.05) is 0 Å². The summed E-state index contributed by atoms with van der Waals surface area (Å²) in [5, 5.41) is 6.82. The Hall–Kier alpha value is -3.22. The summed E-state index contributed by atoms with van der Waals surface area (Å²) in [7, 11) is 0. The molecule has 1 aromatic heterocycles. The smallest absolute Gasteiger partial charge is 0.407 e. The van der Waals surface area contributed by atoms with E-state index >= 15 is 0 Å². The Balaban J connectivity index is 1.76. The predicted molar refractivity (Wildman–Crippen MR) is 102 cm³/mol. The van der Waals surface area contributed by atoms with E-state index in [-0.39, 0.29) is 12.4 Å². The van der Waals surface area contributed by atoms with Gasteiger partial charge in [-0.05, 0) is 62.7 Å². The summed E-state index contributed by atoms with van der Waals surface area (Å²) in [6.45, 7) is 5.27. The molecule has 0 fully saturated rings. The fourth-order valence-corrected chi connectivity index (χ4v) is 2.58. The molecule has 3 aromatic rings. The number of halogens is 2. The highest BCUT2D eigenvalue weighted by Crippen LogP contribution is 2.23. The Bertz CT molecular complexity index is 976. The monoisotopic (exact) mass is 385 g/mol. The molecule has 2 aromatic carbocycles. The first-order valence-corrected chi connectivity index (χ1v) is 8.77. The maximum absolute atomic E-state index is 14.1. The van der Waals surface area contributed by atoms with Crippen molar-refractivity contribution in [3.8, 4) is 16.8 Å². The summed E-state index contributed by atoms with van der Waals surface area (Å²) >= 11 is 0. The van der Waals surface area contributed by atoms with Crippen molar-refractivity contribution >= 4 is 6.09 Å². The van der Waals surface area contributed by atoms with Gasteiger partial charge in [-0.15, -0.1) is 0 Å². The van der Waals surface area contributed by atoms with Gasteiger partial charge in [0.1, 0.15) is 17.2 Å². The molecule has 0 aliphatic heterocycles. The Labute approximate surface area is 161 Å². The third-order valence-electron chi connectivity index (χ3n) is 3.87. The largest absolute Gasteiger partial charge is 0.444 e. The first kappa shape index (κ1) is 19.5. The van der Waals surface area contributed by atoms with Crippen molar-refractivity contribution < 1.29 is 18.3 Å². The summed E-state index contributed by atoms with van der Waals surface area (Å²) in [6.07, 6.45) is 2.80. The van der Waals surface area contributed by atoms with Crippen molar-refractivity contribution in [3.05, 3.63) is 72.1 Å². The number of aromatic nitrogens is 2. The van der Waals surface area contributed by atoms with E-state index in [0.717, 1.165) is 11.1 Å². The zero-order chi connectivity index (χ0) is 20.3. The summed E-state index contributed by atoms with van der Waals surface area (Å²) in [5.41, 5.74) is 1.93. The quantitative estimate of drug-likeness (QED) is 0.699. The number of alkyl carbamates (subject to hydrolysis) is 1. The highest BCUT2D eigenvalue weighted by molar-refractivity contribution is 5.68. The summed E-state index contributed by atoms with van der Waals surface area (Å²) in [5.74, 6) is -0.748. The first-order valence-electron chi connectivity index (χ1n) is 8.77. The van der Waals surface area contributed by atoms with Crippen LogP contribution in [0.1, 0.15) is 26.3 Å². The second-order valence-corrected chi connectivity index (χ2v) is 7.31. The Morgan fingerprint density at radius 1 is 1.11 bits per heavy atom. The van der Waals surface area contributed by atoms with E-state index in [1.807, 2.05) is 0 Å². The van der Waals surface area contributed by atoms with E-state index in [1.54, 1.807) is 62.1 Å².